The molecule has 1 amide bonds. The number of fused-ring (bicyclic) bond motifs is 3. The largest absolute Gasteiger partial charge is 0.481 e. The van der Waals surface area contributed by atoms with Gasteiger partial charge >= 0.3 is 12.1 Å². The lowest BCUT2D eigenvalue weighted by Crippen LogP contribution is -2.20. The van der Waals surface area contributed by atoms with Crippen LogP contribution < -0.4 is 5.32 Å². The summed E-state index contributed by atoms with van der Waals surface area (Å²) < 4.78 is 5.50. The second-order valence-electron chi connectivity index (χ2n) is 7.38. The zero-order valence-corrected chi connectivity index (χ0v) is 16.2. The zero-order chi connectivity index (χ0) is 20.0. The molecule has 1 heterocycles. The van der Waals surface area contributed by atoms with Crippen molar-refractivity contribution in [1.29, 1.82) is 0 Å². The van der Waals surface area contributed by atoms with Gasteiger partial charge in [-0.15, -0.1) is 11.3 Å². The van der Waals surface area contributed by atoms with Gasteiger partial charge in [-0.25, -0.2) is 9.78 Å². The number of aromatic nitrogens is 1. The van der Waals surface area contributed by atoms with Crippen molar-refractivity contribution in [2.45, 2.75) is 24.2 Å². The Hall–Kier alpha value is -3.19. The van der Waals surface area contributed by atoms with Gasteiger partial charge in [0.05, 0.1) is 5.69 Å². The van der Waals surface area contributed by atoms with E-state index in [0.29, 0.717) is 23.7 Å². The summed E-state index contributed by atoms with van der Waals surface area (Å²) in [6, 6.07) is 16.3. The Morgan fingerprint density at radius 1 is 1.10 bits per heavy atom. The highest BCUT2D eigenvalue weighted by molar-refractivity contribution is 7.14. The molecule has 2 aromatic carbocycles. The Morgan fingerprint density at radius 3 is 2.31 bits per heavy atom. The molecule has 0 spiro atoms. The molecule has 7 heteroatoms. The van der Waals surface area contributed by atoms with Crippen molar-refractivity contribution < 1.29 is 19.4 Å². The lowest BCUT2D eigenvalue weighted by molar-refractivity contribution is -0.140. The minimum atomic E-state index is -0.877. The Kier molecular flexibility index (Phi) is 4.13. The first-order chi connectivity index (χ1) is 14.1. The summed E-state index contributed by atoms with van der Waals surface area (Å²) in [7, 11) is 0. The molecular formula is C22H18N2O4S. The maximum Gasteiger partial charge on any atom is 0.413 e. The molecule has 0 radical (unpaired) electrons. The van der Waals surface area contributed by atoms with E-state index in [1.807, 2.05) is 24.3 Å². The Morgan fingerprint density at radius 2 is 1.72 bits per heavy atom. The van der Waals surface area contributed by atoms with Crippen molar-refractivity contribution in [3.8, 4) is 11.1 Å². The van der Waals surface area contributed by atoms with Crippen molar-refractivity contribution in [3.05, 3.63) is 70.7 Å². The van der Waals surface area contributed by atoms with Crippen LogP contribution in [0.2, 0.25) is 0 Å². The predicted molar refractivity (Wildman–Crippen MR) is 109 cm³/mol. The first kappa shape index (κ1) is 17.9. The Bertz CT molecular complexity index is 1070. The molecule has 5 rings (SSSR count). The van der Waals surface area contributed by atoms with Gasteiger partial charge in [-0.1, -0.05) is 48.5 Å². The van der Waals surface area contributed by atoms with Gasteiger partial charge in [0.15, 0.2) is 5.13 Å². The number of carboxylic acids is 1. The molecular weight excluding hydrogens is 388 g/mol. The number of hydrogen-bond donors (Lipinski definition) is 2. The van der Waals surface area contributed by atoms with Gasteiger partial charge in [0.2, 0.25) is 0 Å². The summed E-state index contributed by atoms with van der Waals surface area (Å²) in [6.45, 7) is 0.219. The van der Waals surface area contributed by atoms with Gasteiger partial charge in [-0.2, -0.15) is 0 Å². The normalized spacial score (nSPS) is 16.0. The number of nitrogens with zero attached hydrogens (tertiary/aromatic N) is 1. The monoisotopic (exact) mass is 406 g/mol. The molecule has 0 unspecified atom stereocenters. The van der Waals surface area contributed by atoms with Gasteiger partial charge in [-0.05, 0) is 35.1 Å². The molecule has 3 aromatic rings. The van der Waals surface area contributed by atoms with E-state index in [4.69, 9.17) is 4.74 Å². The van der Waals surface area contributed by atoms with Crippen LogP contribution in [0.1, 0.15) is 35.6 Å². The SMILES string of the molecule is O=C(Nc1nc(C2(C(=O)O)CC2)cs1)OCC1c2ccccc2-c2ccccc21. The first-order valence-corrected chi connectivity index (χ1v) is 10.3. The Labute approximate surface area is 171 Å². The summed E-state index contributed by atoms with van der Waals surface area (Å²) in [5.74, 6) is -0.878. The summed E-state index contributed by atoms with van der Waals surface area (Å²) in [6.07, 6.45) is 0.570. The summed E-state index contributed by atoms with van der Waals surface area (Å²) >= 11 is 1.21. The zero-order valence-electron chi connectivity index (χ0n) is 15.4. The number of carboxylic acid groups (broad SMARTS) is 1. The van der Waals surface area contributed by atoms with E-state index in [9.17, 15) is 14.7 Å². The molecule has 0 aliphatic heterocycles. The maximum absolute atomic E-state index is 12.3. The molecule has 29 heavy (non-hydrogen) atoms. The van der Waals surface area contributed by atoms with E-state index < -0.39 is 17.5 Å². The summed E-state index contributed by atoms with van der Waals surface area (Å²) in [4.78, 5) is 28.0. The number of nitrogens with one attached hydrogen (secondary N) is 1. The third-order valence-corrected chi connectivity index (χ3v) is 6.46. The number of amides is 1. The van der Waals surface area contributed by atoms with Gasteiger partial charge in [0.1, 0.15) is 12.0 Å². The second-order valence-corrected chi connectivity index (χ2v) is 8.23. The molecule has 6 nitrogen and oxygen atoms in total. The van der Waals surface area contributed by atoms with Gasteiger partial charge < -0.3 is 9.84 Å². The van der Waals surface area contributed by atoms with Crippen LogP contribution in [0.3, 0.4) is 0 Å². The van der Waals surface area contributed by atoms with Crippen LogP contribution in [0.4, 0.5) is 9.93 Å². The average molecular weight is 406 g/mol. The fourth-order valence-corrected chi connectivity index (χ4v) is 4.77. The topological polar surface area (TPSA) is 88.5 Å². The van der Waals surface area contributed by atoms with E-state index in [-0.39, 0.29) is 12.5 Å². The highest BCUT2D eigenvalue weighted by atomic mass is 32.1. The molecule has 1 aromatic heterocycles. The van der Waals surface area contributed by atoms with Gasteiger partial charge in [0, 0.05) is 11.3 Å². The minimum Gasteiger partial charge on any atom is -0.481 e. The molecule has 2 aliphatic carbocycles. The van der Waals surface area contributed by atoms with Crippen LogP contribution in [-0.4, -0.2) is 28.8 Å². The van der Waals surface area contributed by atoms with E-state index in [1.54, 1.807) is 5.38 Å². The van der Waals surface area contributed by atoms with Crippen molar-refractivity contribution in [2.75, 3.05) is 11.9 Å². The summed E-state index contributed by atoms with van der Waals surface area (Å²) in [5.41, 5.74) is 4.27. The smallest absolute Gasteiger partial charge is 0.413 e. The van der Waals surface area contributed by atoms with Crippen LogP contribution in [0, 0.1) is 0 Å². The molecule has 2 aliphatic rings. The van der Waals surface area contributed by atoms with Crippen LogP contribution >= 0.6 is 11.3 Å². The Balaban J connectivity index is 1.27. The molecule has 2 N–H and O–H groups in total. The lowest BCUT2D eigenvalue weighted by atomic mass is 9.98. The molecule has 0 atom stereocenters. The van der Waals surface area contributed by atoms with Crippen molar-refractivity contribution >= 4 is 28.5 Å². The van der Waals surface area contributed by atoms with Crippen LogP contribution in [0.15, 0.2) is 53.9 Å². The predicted octanol–water partition coefficient (Wildman–Crippen LogP) is 4.62. The molecule has 0 bridgehead atoms. The first-order valence-electron chi connectivity index (χ1n) is 9.40. The van der Waals surface area contributed by atoms with Gasteiger partial charge in [0.25, 0.3) is 0 Å². The molecule has 0 saturated heterocycles. The van der Waals surface area contributed by atoms with Crippen LogP contribution in [-0.2, 0) is 14.9 Å². The highest BCUT2D eigenvalue weighted by Gasteiger charge is 2.53. The number of hydrogen-bond acceptors (Lipinski definition) is 5. The van der Waals surface area contributed by atoms with E-state index in [1.165, 1.54) is 22.5 Å². The van der Waals surface area contributed by atoms with Crippen LogP contribution in [0.5, 0.6) is 0 Å². The summed E-state index contributed by atoms with van der Waals surface area (Å²) in [5, 5.41) is 14.0. The number of carbonyl (C=O) groups is 2. The third-order valence-electron chi connectivity index (χ3n) is 5.71. The van der Waals surface area contributed by atoms with Crippen molar-refractivity contribution in [1.82, 2.24) is 4.98 Å². The van der Waals surface area contributed by atoms with Crippen molar-refractivity contribution in [3.63, 3.8) is 0 Å². The van der Waals surface area contributed by atoms with Gasteiger partial charge in [-0.3, -0.25) is 10.1 Å². The van der Waals surface area contributed by atoms with Crippen LogP contribution in [0.25, 0.3) is 11.1 Å². The fraction of sp³-hybridized carbons (Fsp3) is 0.227. The molecule has 146 valence electrons. The number of anilines is 1. The number of aliphatic carboxylic acids is 1. The number of thiazole rings is 1. The fourth-order valence-electron chi connectivity index (χ4n) is 3.98. The molecule has 1 saturated carbocycles. The van der Waals surface area contributed by atoms with Crippen molar-refractivity contribution in [2.24, 2.45) is 0 Å². The van der Waals surface area contributed by atoms with E-state index in [0.717, 1.165) is 11.1 Å². The second kappa shape index (κ2) is 6.70. The average Bonchev–Trinajstić information content (AvgIpc) is 3.32. The van der Waals surface area contributed by atoms with E-state index >= 15 is 0 Å². The highest BCUT2D eigenvalue weighted by Crippen LogP contribution is 2.49. The maximum atomic E-state index is 12.3. The minimum absolute atomic E-state index is 0.0123. The van der Waals surface area contributed by atoms with E-state index in [2.05, 4.69) is 34.6 Å². The number of rotatable bonds is 5. The number of ether oxygens (including phenoxy) is 1. The number of benzene rings is 2. The molecule has 1 fully saturated rings. The quantitative estimate of drug-likeness (QED) is 0.645. The standard InChI is InChI=1S/C22H18N2O4S/c25-19(26)22(9-10-22)18-12-29-20(23-18)24-21(27)28-11-17-15-7-3-1-5-13(15)14-6-2-4-8-16(14)17/h1-8,12,17H,9-11H2,(H,25,26)(H,23,24,27). The lowest BCUT2D eigenvalue weighted by Gasteiger charge is -2.14. The third kappa shape index (κ3) is 2.98. The number of carbonyl (C=O) groups excluding carboxylic acids is 1.